The van der Waals surface area contributed by atoms with Crippen molar-refractivity contribution in [2.45, 2.75) is 37.1 Å². The van der Waals surface area contributed by atoms with Crippen LogP contribution in [0.2, 0.25) is 0 Å². The van der Waals surface area contributed by atoms with Crippen LogP contribution in [0, 0.1) is 11.3 Å². The van der Waals surface area contributed by atoms with Crippen LogP contribution in [-0.4, -0.2) is 41.7 Å². The van der Waals surface area contributed by atoms with Crippen molar-refractivity contribution < 1.29 is 4.79 Å². The summed E-state index contributed by atoms with van der Waals surface area (Å²) in [6.07, 6.45) is 3.75. The number of hydrogen-bond acceptors (Lipinski definition) is 4. The molecule has 1 aliphatic heterocycles. The van der Waals surface area contributed by atoms with Crippen molar-refractivity contribution in [1.29, 1.82) is 5.26 Å². The lowest BCUT2D eigenvalue weighted by Crippen LogP contribution is -2.38. The maximum atomic E-state index is 12.0. The third kappa shape index (κ3) is 4.25. The van der Waals surface area contributed by atoms with Gasteiger partial charge in [-0.15, -0.1) is 11.8 Å². The van der Waals surface area contributed by atoms with Gasteiger partial charge in [-0.25, -0.2) is 0 Å². The van der Waals surface area contributed by atoms with E-state index in [4.69, 9.17) is 5.26 Å². The van der Waals surface area contributed by atoms with E-state index in [1.54, 1.807) is 11.8 Å². The molecule has 0 radical (unpaired) electrons. The fourth-order valence-electron chi connectivity index (χ4n) is 2.88. The zero-order chi connectivity index (χ0) is 15.4. The number of carbonyl (C=O) groups is 1. The van der Waals surface area contributed by atoms with Crippen LogP contribution in [-0.2, 0) is 10.5 Å². The highest BCUT2D eigenvalue weighted by molar-refractivity contribution is 7.99. The Morgan fingerprint density at radius 1 is 1.32 bits per heavy atom. The molecule has 1 amide bonds. The average Bonchev–Trinajstić information content (AvgIpc) is 3.28. The molecule has 1 saturated heterocycles. The number of thioether (sulfide) groups is 1. The first-order valence-electron chi connectivity index (χ1n) is 7.85. The van der Waals surface area contributed by atoms with Crippen LogP contribution < -0.4 is 5.32 Å². The summed E-state index contributed by atoms with van der Waals surface area (Å²) in [5.74, 6) is 1.44. The Balaban J connectivity index is 1.34. The molecule has 1 N–H and O–H groups in total. The molecule has 4 nitrogen and oxygen atoms in total. The standard InChI is InChI=1S/C17H21N3OS/c18-9-13-1-3-14(4-2-13)11-22-12-17(21)19-15-7-8-20(10-15)16-5-6-16/h1-4,15-16H,5-8,10-12H2,(H,19,21). The van der Waals surface area contributed by atoms with Crippen molar-refractivity contribution in [3.05, 3.63) is 35.4 Å². The topological polar surface area (TPSA) is 56.1 Å². The van der Waals surface area contributed by atoms with Crippen LogP contribution in [0.25, 0.3) is 0 Å². The van der Waals surface area contributed by atoms with Crippen LogP contribution in [0.1, 0.15) is 30.4 Å². The van der Waals surface area contributed by atoms with Crippen molar-refractivity contribution in [2.75, 3.05) is 18.8 Å². The van der Waals surface area contributed by atoms with E-state index in [2.05, 4.69) is 16.3 Å². The number of amides is 1. The van der Waals surface area contributed by atoms with E-state index in [9.17, 15) is 4.79 Å². The Bertz CT molecular complexity index is 562. The summed E-state index contributed by atoms with van der Waals surface area (Å²) in [5, 5.41) is 11.9. The van der Waals surface area contributed by atoms with E-state index < -0.39 is 0 Å². The molecule has 1 unspecified atom stereocenters. The number of likely N-dealkylation sites (tertiary alicyclic amines) is 1. The third-order valence-corrected chi connectivity index (χ3v) is 5.24. The second-order valence-electron chi connectivity index (χ2n) is 6.08. The van der Waals surface area contributed by atoms with Crippen LogP contribution in [0.5, 0.6) is 0 Å². The van der Waals surface area contributed by atoms with Gasteiger partial charge < -0.3 is 5.32 Å². The molecule has 1 atom stereocenters. The monoisotopic (exact) mass is 315 g/mol. The van der Waals surface area contributed by atoms with E-state index in [1.807, 2.05) is 24.3 Å². The van der Waals surface area contributed by atoms with Crippen LogP contribution >= 0.6 is 11.8 Å². The first-order valence-corrected chi connectivity index (χ1v) is 9.00. The lowest BCUT2D eigenvalue weighted by Gasteiger charge is -2.15. The minimum atomic E-state index is 0.140. The average molecular weight is 315 g/mol. The molecular weight excluding hydrogens is 294 g/mol. The molecule has 2 aliphatic rings. The number of hydrogen-bond donors (Lipinski definition) is 1. The molecular formula is C17H21N3OS. The molecule has 3 rings (SSSR count). The van der Waals surface area contributed by atoms with Gasteiger partial charge in [-0.05, 0) is 37.0 Å². The molecule has 1 aromatic carbocycles. The minimum absolute atomic E-state index is 0.140. The van der Waals surface area contributed by atoms with E-state index in [-0.39, 0.29) is 5.91 Å². The number of rotatable bonds is 6. The van der Waals surface area contributed by atoms with Crippen LogP contribution in [0.4, 0.5) is 0 Å². The van der Waals surface area contributed by atoms with Gasteiger partial charge in [0.15, 0.2) is 0 Å². The van der Waals surface area contributed by atoms with Crippen LogP contribution in [0.15, 0.2) is 24.3 Å². The van der Waals surface area contributed by atoms with Gasteiger partial charge in [0, 0.05) is 30.9 Å². The van der Waals surface area contributed by atoms with Gasteiger partial charge in [-0.2, -0.15) is 5.26 Å². The predicted octanol–water partition coefficient (Wildman–Crippen LogP) is 2.14. The summed E-state index contributed by atoms with van der Waals surface area (Å²) in [6, 6.07) is 10.8. The molecule has 0 bridgehead atoms. The normalized spacial score (nSPS) is 21.5. The van der Waals surface area contributed by atoms with Gasteiger partial charge in [0.25, 0.3) is 0 Å². The van der Waals surface area contributed by atoms with Gasteiger partial charge in [0.2, 0.25) is 5.91 Å². The first-order chi connectivity index (χ1) is 10.7. The number of benzene rings is 1. The van der Waals surface area contributed by atoms with Gasteiger partial charge >= 0.3 is 0 Å². The fourth-order valence-corrected chi connectivity index (χ4v) is 3.68. The quantitative estimate of drug-likeness (QED) is 0.874. The lowest BCUT2D eigenvalue weighted by molar-refractivity contribution is -0.119. The highest BCUT2D eigenvalue weighted by Gasteiger charge is 2.34. The fraction of sp³-hybridized carbons (Fsp3) is 0.529. The van der Waals surface area contributed by atoms with Gasteiger partial charge in [0.05, 0.1) is 17.4 Å². The van der Waals surface area contributed by atoms with E-state index in [0.29, 0.717) is 17.4 Å². The van der Waals surface area contributed by atoms with Gasteiger partial charge in [0.1, 0.15) is 0 Å². The Hall–Kier alpha value is -1.51. The van der Waals surface area contributed by atoms with Crippen molar-refractivity contribution in [3.63, 3.8) is 0 Å². The molecule has 1 saturated carbocycles. The lowest BCUT2D eigenvalue weighted by atomic mass is 10.2. The van der Waals surface area contributed by atoms with Crippen molar-refractivity contribution in [3.8, 4) is 6.07 Å². The van der Waals surface area contributed by atoms with Crippen LogP contribution in [0.3, 0.4) is 0 Å². The maximum absolute atomic E-state index is 12.0. The summed E-state index contributed by atoms with van der Waals surface area (Å²) in [4.78, 5) is 14.5. The molecule has 1 heterocycles. The van der Waals surface area contributed by atoms with Gasteiger partial charge in [-0.3, -0.25) is 9.69 Å². The largest absolute Gasteiger partial charge is 0.351 e. The molecule has 22 heavy (non-hydrogen) atoms. The van der Waals surface area contributed by atoms with E-state index >= 15 is 0 Å². The highest BCUT2D eigenvalue weighted by atomic mass is 32.2. The highest BCUT2D eigenvalue weighted by Crippen LogP contribution is 2.29. The van der Waals surface area contributed by atoms with Crippen molar-refractivity contribution >= 4 is 17.7 Å². The zero-order valence-corrected chi connectivity index (χ0v) is 13.4. The Morgan fingerprint density at radius 2 is 2.09 bits per heavy atom. The van der Waals surface area contributed by atoms with Gasteiger partial charge in [-0.1, -0.05) is 12.1 Å². The third-order valence-electron chi connectivity index (χ3n) is 4.23. The summed E-state index contributed by atoms with van der Waals surface area (Å²) < 4.78 is 0. The molecule has 1 aliphatic carbocycles. The second kappa shape index (κ2) is 7.17. The summed E-state index contributed by atoms with van der Waals surface area (Å²) >= 11 is 1.62. The maximum Gasteiger partial charge on any atom is 0.230 e. The molecule has 1 aromatic rings. The Kier molecular flexibility index (Phi) is 5.01. The SMILES string of the molecule is N#Cc1ccc(CSCC(=O)NC2CCN(C3CC3)C2)cc1. The number of nitrogens with one attached hydrogen (secondary N) is 1. The van der Waals surface area contributed by atoms with E-state index in [0.717, 1.165) is 36.9 Å². The zero-order valence-electron chi connectivity index (χ0n) is 12.6. The first kappa shape index (κ1) is 15.4. The molecule has 2 fully saturated rings. The number of nitrogens with zero attached hydrogens (tertiary/aromatic N) is 2. The van der Waals surface area contributed by atoms with Crippen molar-refractivity contribution in [1.82, 2.24) is 10.2 Å². The summed E-state index contributed by atoms with van der Waals surface area (Å²) in [7, 11) is 0. The Labute approximate surface area is 135 Å². The smallest absolute Gasteiger partial charge is 0.230 e. The summed E-state index contributed by atoms with van der Waals surface area (Å²) in [6.45, 7) is 2.16. The number of carbonyl (C=O) groups excluding carboxylic acids is 1. The summed E-state index contributed by atoms with van der Waals surface area (Å²) in [5.41, 5.74) is 1.82. The minimum Gasteiger partial charge on any atom is -0.351 e. The van der Waals surface area contributed by atoms with Crippen molar-refractivity contribution in [2.24, 2.45) is 0 Å². The number of nitriles is 1. The Morgan fingerprint density at radius 3 is 2.77 bits per heavy atom. The molecule has 116 valence electrons. The predicted molar refractivity (Wildman–Crippen MR) is 88.5 cm³/mol. The van der Waals surface area contributed by atoms with E-state index in [1.165, 1.54) is 12.8 Å². The second-order valence-corrected chi connectivity index (χ2v) is 7.07. The molecule has 0 aromatic heterocycles. The molecule has 5 heteroatoms. The molecule has 0 spiro atoms.